The fourth-order valence-corrected chi connectivity index (χ4v) is 2.11. The molecule has 1 aliphatic rings. The van der Waals surface area contributed by atoms with Gasteiger partial charge in [-0.05, 0) is 18.6 Å². The molecule has 0 unspecified atom stereocenters. The van der Waals surface area contributed by atoms with E-state index in [1.165, 1.54) is 12.8 Å². The third-order valence-corrected chi connectivity index (χ3v) is 3.30. The lowest BCUT2D eigenvalue weighted by Crippen LogP contribution is -2.39. The van der Waals surface area contributed by atoms with E-state index in [1.807, 2.05) is 18.2 Å². The summed E-state index contributed by atoms with van der Waals surface area (Å²) in [5.41, 5.74) is 0. The number of nitrogens with one attached hydrogen (secondary N) is 2. The molecule has 6 nitrogen and oxygen atoms in total. The number of rotatable bonds is 8. The maximum Gasteiger partial charge on any atom is 0.231 e. The molecule has 0 atom stereocenters. The van der Waals surface area contributed by atoms with Gasteiger partial charge in [-0.2, -0.15) is 0 Å². The van der Waals surface area contributed by atoms with Crippen molar-refractivity contribution in [3.05, 3.63) is 18.2 Å². The van der Waals surface area contributed by atoms with Crippen molar-refractivity contribution in [2.45, 2.75) is 26.2 Å². The Kier molecular flexibility index (Phi) is 9.58. The number of nitrogens with zero attached hydrogens (tertiary/aromatic N) is 1. The van der Waals surface area contributed by atoms with Gasteiger partial charge in [0.15, 0.2) is 17.5 Å². The first-order valence-corrected chi connectivity index (χ1v) is 7.80. The van der Waals surface area contributed by atoms with Crippen molar-refractivity contribution >= 4 is 29.9 Å². The molecule has 0 saturated heterocycles. The van der Waals surface area contributed by atoms with Crippen LogP contribution in [-0.4, -0.2) is 39.5 Å². The van der Waals surface area contributed by atoms with E-state index in [0.29, 0.717) is 13.2 Å². The van der Waals surface area contributed by atoms with Crippen LogP contribution >= 0.6 is 24.0 Å². The third kappa shape index (κ3) is 6.72. The topological polar surface area (TPSA) is 64.1 Å². The summed E-state index contributed by atoms with van der Waals surface area (Å²) in [5.74, 6) is 3.09. The maximum atomic E-state index is 5.69. The van der Waals surface area contributed by atoms with Crippen LogP contribution in [0.4, 0.5) is 0 Å². The average molecular weight is 435 g/mol. The van der Waals surface area contributed by atoms with Crippen molar-refractivity contribution in [3.8, 4) is 17.2 Å². The van der Waals surface area contributed by atoms with E-state index in [0.717, 1.165) is 36.2 Å². The summed E-state index contributed by atoms with van der Waals surface area (Å²) >= 11 is 0. The first-order valence-electron chi connectivity index (χ1n) is 7.80. The highest BCUT2D eigenvalue weighted by molar-refractivity contribution is 14.0. The second-order valence-electron chi connectivity index (χ2n) is 5.00. The van der Waals surface area contributed by atoms with Gasteiger partial charge in [0.05, 0.1) is 6.54 Å². The van der Waals surface area contributed by atoms with Gasteiger partial charge in [0.25, 0.3) is 0 Å². The summed E-state index contributed by atoms with van der Waals surface area (Å²) < 4.78 is 16.3. The third-order valence-electron chi connectivity index (χ3n) is 3.30. The SMILES string of the molecule is CCCCCNC(=NC)NCCOc1ccc2c(c1)OCO2.I. The highest BCUT2D eigenvalue weighted by Gasteiger charge is 2.13. The van der Waals surface area contributed by atoms with Crippen LogP contribution in [0.15, 0.2) is 23.2 Å². The van der Waals surface area contributed by atoms with Crippen LogP contribution in [0.25, 0.3) is 0 Å². The van der Waals surface area contributed by atoms with Gasteiger partial charge in [0.2, 0.25) is 6.79 Å². The molecule has 0 fully saturated rings. The fraction of sp³-hybridized carbons (Fsp3) is 0.562. The van der Waals surface area contributed by atoms with Gasteiger partial charge in [-0.15, -0.1) is 24.0 Å². The molecular weight excluding hydrogens is 409 g/mol. The summed E-state index contributed by atoms with van der Waals surface area (Å²) in [6, 6.07) is 5.59. The smallest absolute Gasteiger partial charge is 0.231 e. The van der Waals surface area contributed by atoms with Gasteiger partial charge in [-0.1, -0.05) is 19.8 Å². The molecule has 0 aromatic heterocycles. The molecule has 0 spiro atoms. The van der Waals surface area contributed by atoms with Gasteiger partial charge in [0.1, 0.15) is 12.4 Å². The summed E-state index contributed by atoms with van der Waals surface area (Å²) in [7, 11) is 1.77. The van der Waals surface area contributed by atoms with Crippen LogP contribution in [-0.2, 0) is 0 Å². The van der Waals surface area contributed by atoms with Crippen molar-refractivity contribution in [3.63, 3.8) is 0 Å². The molecule has 23 heavy (non-hydrogen) atoms. The van der Waals surface area contributed by atoms with Crippen LogP contribution in [0.5, 0.6) is 17.2 Å². The van der Waals surface area contributed by atoms with Crippen molar-refractivity contribution < 1.29 is 14.2 Å². The first-order chi connectivity index (χ1) is 10.8. The second-order valence-corrected chi connectivity index (χ2v) is 5.00. The lowest BCUT2D eigenvalue weighted by atomic mass is 10.2. The highest BCUT2D eigenvalue weighted by Crippen LogP contribution is 2.34. The van der Waals surface area contributed by atoms with E-state index in [2.05, 4.69) is 22.5 Å². The molecule has 1 heterocycles. The number of hydrogen-bond acceptors (Lipinski definition) is 4. The normalized spacial score (nSPS) is 12.5. The maximum absolute atomic E-state index is 5.69. The lowest BCUT2D eigenvalue weighted by Gasteiger charge is -2.12. The fourth-order valence-electron chi connectivity index (χ4n) is 2.11. The van der Waals surface area contributed by atoms with Gasteiger partial charge < -0.3 is 24.8 Å². The van der Waals surface area contributed by atoms with Crippen LogP contribution in [0, 0.1) is 0 Å². The van der Waals surface area contributed by atoms with E-state index in [9.17, 15) is 0 Å². The standard InChI is InChI=1S/C16H25N3O3.HI/c1-3-4-5-8-18-16(17-2)19-9-10-20-13-6-7-14-15(11-13)22-12-21-14;/h6-7,11H,3-5,8-10,12H2,1-2H3,(H2,17,18,19);1H. The zero-order chi connectivity index (χ0) is 15.6. The van der Waals surface area contributed by atoms with Crippen LogP contribution in [0.2, 0.25) is 0 Å². The minimum atomic E-state index is 0. The van der Waals surface area contributed by atoms with Crippen LogP contribution in [0.1, 0.15) is 26.2 Å². The van der Waals surface area contributed by atoms with Crippen LogP contribution < -0.4 is 24.8 Å². The Morgan fingerprint density at radius 2 is 1.96 bits per heavy atom. The zero-order valence-electron chi connectivity index (χ0n) is 13.8. The summed E-state index contributed by atoms with van der Waals surface area (Å²) in [4.78, 5) is 4.18. The number of guanidine groups is 1. The summed E-state index contributed by atoms with van der Waals surface area (Å²) in [5, 5.41) is 6.51. The van der Waals surface area contributed by atoms with E-state index in [4.69, 9.17) is 14.2 Å². The number of fused-ring (bicyclic) bond motifs is 1. The van der Waals surface area contributed by atoms with Gasteiger partial charge in [-0.3, -0.25) is 4.99 Å². The summed E-state index contributed by atoms with van der Waals surface area (Å²) in [6.45, 7) is 4.65. The van der Waals surface area contributed by atoms with Gasteiger partial charge in [-0.25, -0.2) is 0 Å². The van der Waals surface area contributed by atoms with Crippen molar-refractivity contribution in [1.29, 1.82) is 0 Å². The monoisotopic (exact) mass is 435 g/mol. The van der Waals surface area contributed by atoms with E-state index >= 15 is 0 Å². The van der Waals surface area contributed by atoms with Gasteiger partial charge >= 0.3 is 0 Å². The molecule has 130 valence electrons. The predicted molar refractivity (Wildman–Crippen MR) is 102 cm³/mol. The number of hydrogen-bond donors (Lipinski definition) is 2. The zero-order valence-corrected chi connectivity index (χ0v) is 16.1. The molecule has 1 aromatic carbocycles. The molecular formula is C16H26IN3O3. The Balaban J connectivity index is 0.00000264. The minimum absolute atomic E-state index is 0. The van der Waals surface area contributed by atoms with Crippen molar-refractivity contribution in [2.24, 2.45) is 4.99 Å². The predicted octanol–water partition coefficient (Wildman–Crippen LogP) is 2.77. The Hall–Kier alpha value is -1.38. The van der Waals surface area contributed by atoms with E-state index in [1.54, 1.807) is 7.05 Å². The Morgan fingerprint density at radius 1 is 1.17 bits per heavy atom. The molecule has 1 aromatic rings. The molecule has 0 bridgehead atoms. The van der Waals surface area contributed by atoms with E-state index in [-0.39, 0.29) is 30.8 Å². The number of benzene rings is 1. The highest BCUT2D eigenvalue weighted by atomic mass is 127. The lowest BCUT2D eigenvalue weighted by molar-refractivity contribution is 0.173. The first kappa shape index (κ1) is 19.7. The van der Waals surface area contributed by atoms with E-state index < -0.39 is 0 Å². The molecule has 0 radical (unpaired) electrons. The molecule has 0 saturated carbocycles. The number of unbranched alkanes of at least 4 members (excludes halogenated alkanes) is 2. The number of ether oxygens (including phenoxy) is 3. The number of aliphatic imine (C=N–C) groups is 1. The molecule has 0 amide bonds. The Labute approximate surface area is 155 Å². The minimum Gasteiger partial charge on any atom is -0.492 e. The molecule has 2 rings (SSSR count). The van der Waals surface area contributed by atoms with Crippen molar-refractivity contribution in [2.75, 3.05) is 33.5 Å². The summed E-state index contributed by atoms with van der Waals surface area (Å²) in [6.07, 6.45) is 3.61. The quantitative estimate of drug-likeness (QED) is 0.285. The molecule has 2 N–H and O–H groups in total. The molecule has 7 heteroatoms. The average Bonchev–Trinajstić information content (AvgIpc) is 3.01. The number of halogens is 1. The largest absolute Gasteiger partial charge is 0.492 e. The molecule has 0 aliphatic carbocycles. The molecule has 1 aliphatic heterocycles. The van der Waals surface area contributed by atoms with Gasteiger partial charge in [0, 0.05) is 19.7 Å². The Bertz CT molecular complexity index is 497. The van der Waals surface area contributed by atoms with Crippen molar-refractivity contribution in [1.82, 2.24) is 10.6 Å². The Morgan fingerprint density at radius 3 is 2.74 bits per heavy atom. The second kappa shape index (κ2) is 11.2. The van der Waals surface area contributed by atoms with Crippen LogP contribution in [0.3, 0.4) is 0 Å².